The molecular weight excluding hydrogens is 236 g/mol. The zero-order chi connectivity index (χ0) is 13.1. The van der Waals surface area contributed by atoms with E-state index >= 15 is 0 Å². The first-order chi connectivity index (χ1) is 8.58. The van der Waals surface area contributed by atoms with Crippen LogP contribution in [0, 0.1) is 0 Å². The van der Waals surface area contributed by atoms with E-state index in [-0.39, 0.29) is 17.4 Å². The van der Waals surface area contributed by atoms with Gasteiger partial charge in [0.25, 0.3) is 5.91 Å². The zero-order valence-electron chi connectivity index (χ0n) is 10.0. The second-order valence-corrected chi connectivity index (χ2v) is 4.17. The number of nitrogens with zero attached hydrogens (tertiary/aromatic N) is 4. The van der Waals surface area contributed by atoms with Gasteiger partial charge in [-0.3, -0.25) is 4.79 Å². The molecule has 1 N–H and O–H groups in total. The number of hydrogen-bond donors (Lipinski definition) is 1. The van der Waals surface area contributed by atoms with E-state index in [1.54, 1.807) is 4.90 Å². The smallest absolute Gasteiger partial charge is 0.354 e. The molecule has 1 saturated heterocycles. The van der Waals surface area contributed by atoms with E-state index in [1.807, 2.05) is 7.05 Å². The Kier molecular flexibility index (Phi) is 3.52. The Labute approximate surface area is 104 Å². The number of carboxylic acid groups (broad SMARTS) is 1. The average molecular weight is 250 g/mol. The van der Waals surface area contributed by atoms with Gasteiger partial charge in [0.2, 0.25) is 5.82 Å². The Morgan fingerprint density at radius 3 is 2.56 bits per heavy atom. The molecule has 2 rings (SSSR count). The van der Waals surface area contributed by atoms with Crippen LogP contribution in [-0.2, 0) is 0 Å². The number of carboxylic acids is 1. The fraction of sp³-hybridized carbons (Fsp3) is 0.455. The maximum Gasteiger partial charge on any atom is 0.354 e. The van der Waals surface area contributed by atoms with Crippen LogP contribution in [0.2, 0.25) is 0 Å². The van der Waals surface area contributed by atoms with Gasteiger partial charge in [0.1, 0.15) is 0 Å². The fourth-order valence-corrected chi connectivity index (χ4v) is 1.73. The number of hydrogen-bond acceptors (Lipinski definition) is 5. The minimum atomic E-state index is -1.16. The van der Waals surface area contributed by atoms with Gasteiger partial charge in [-0.05, 0) is 13.1 Å². The first-order valence-corrected chi connectivity index (χ1v) is 5.62. The van der Waals surface area contributed by atoms with Gasteiger partial charge < -0.3 is 14.9 Å². The molecule has 0 radical (unpaired) electrons. The van der Waals surface area contributed by atoms with Gasteiger partial charge in [-0.15, -0.1) is 0 Å². The number of piperazine rings is 1. The minimum absolute atomic E-state index is 0.0561. The van der Waals surface area contributed by atoms with Crippen molar-refractivity contribution in [2.24, 2.45) is 0 Å². The molecule has 0 saturated carbocycles. The number of rotatable bonds is 2. The predicted molar refractivity (Wildman–Crippen MR) is 62.4 cm³/mol. The topological polar surface area (TPSA) is 86.6 Å². The van der Waals surface area contributed by atoms with Gasteiger partial charge in [0.05, 0.1) is 0 Å². The molecule has 0 aliphatic carbocycles. The minimum Gasteiger partial charge on any atom is -0.477 e. The number of aromatic nitrogens is 2. The molecule has 1 aromatic rings. The van der Waals surface area contributed by atoms with Crippen molar-refractivity contribution in [1.29, 1.82) is 0 Å². The molecule has 0 atom stereocenters. The van der Waals surface area contributed by atoms with Crippen LogP contribution in [0.5, 0.6) is 0 Å². The standard InChI is InChI=1S/C11H14N4O3/c1-14-4-6-15(7-5-14)10(16)9-12-3-2-8(13-9)11(17)18/h2-3H,4-7H2,1H3,(H,17,18). The van der Waals surface area contributed by atoms with Crippen molar-refractivity contribution in [2.75, 3.05) is 33.2 Å². The van der Waals surface area contributed by atoms with Crippen molar-refractivity contribution < 1.29 is 14.7 Å². The summed E-state index contributed by atoms with van der Waals surface area (Å²) in [6.07, 6.45) is 1.29. The van der Waals surface area contributed by atoms with Gasteiger partial charge in [0, 0.05) is 32.4 Å². The molecule has 0 spiro atoms. The van der Waals surface area contributed by atoms with Crippen molar-refractivity contribution in [2.45, 2.75) is 0 Å². The molecule has 7 heteroatoms. The van der Waals surface area contributed by atoms with Crippen LogP contribution in [0.25, 0.3) is 0 Å². The zero-order valence-corrected chi connectivity index (χ0v) is 10.0. The van der Waals surface area contributed by atoms with Crippen LogP contribution >= 0.6 is 0 Å². The van der Waals surface area contributed by atoms with Crippen molar-refractivity contribution in [1.82, 2.24) is 19.8 Å². The summed E-state index contributed by atoms with van der Waals surface area (Å²) >= 11 is 0. The van der Waals surface area contributed by atoms with Crippen molar-refractivity contribution in [3.63, 3.8) is 0 Å². The van der Waals surface area contributed by atoms with Crippen molar-refractivity contribution in [3.05, 3.63) is 23.8 Å². The van der Waals surface area contributed by atoms with Crippen LogP contribution < -0.4 is 0 Å². The van der Waals surface area contributed by atoms with Crippen LogP contribution in [0.1, 0.15) is 21.1 Å². The molecule has 1 amide bonds. The lowest BCUT2D eigenvalue weighted by atomic mass is 10.3. The third-order valence-electron chi connectivity index (χ3n) is 2.86. The molecule has 96 valence electrons. The Morgan fingerprint density at radius 1 is 1.28 bits per heavy atom. The highest BCUT2D eigenvalue weighted by Crippen LogP contribution is 2.05. The third kappa shape index (κ3) is 2.62. The van der Waals surface area contributed by atoms with E-state index in [1.165, 1.54) is 12.3 Å². The molecule has 1 aliphatic heterocycles. The lowest BCUT2D eigenvalue weighted by Gasteiger charge is -2.31. The SMILES string of the molecule is CN1CCN(C(=O)c2nccc(C(=O)O)n2)CC1. The Morgan fingerprint density at radius 2 is 1.94 bits per heavy atom. The summed E-state index contributed by atoms with van der Waals surface area (Å²) in [6.45, 7) is 2.81. The largest absolute Gasteiger partial charge is 0.477 e. The second-order valence-electron chi connectivity index (χ2n) is 4.17. The van der Waals surface area contributed by atoms with E-state index in [0.29, 0.717) is 13.1 Å². The van der Waals surface area contributed by atoms with E-state index in [0.717, 1.165) is 13.1 Å². The second kappa shape index (κ2) is 5.09. The van der Waals surface area contributed by atoms with Crippen LogP contribution in [0.4, 0.5) is 0 Å². The summed E-state index contributed by atoms with van der Waals surface area (Å²) in [7, 11) is 1.99. The third-order valence-corrected chi connectivity index (χ3v) is 2.86. The summed E-state index contributed by atoms with van der Waals surface area (Å²) < 4.78 is 0. The Bertz CT molecular complexity index is 469. The van der Waals surface area contributed by atoms with Crippen molar-refractivity contribution >= 4 is 11.9 Å². The van der Waals surface area contributed by atoms with E-state index in [4.69, 9.17) is 5.11 Å². The van der Waals surface area contributed by atoms with Crippen molar-refractivity contribution in [3.8, 4) is 0 Å². The van der Waals surface area contributed by atoms with Gasteiger partial charge in [-0.25, -0.2) is 14.8 Å². The number of carbonyl (C=O) groups excluding carboxylic acids is 1. The monoisotopic (exact) mass is 250 g/mol. The summed E-state index contributed by atoms with van der Waals surface area (Å²) in [6, 6.07) is 1.27. The number of carbonyl (C=O) groups is 2. The van der Waals surface area contributed by atoms with E-state index in [2.05, 4.69) is 14.9 Å². The number of amides is 1. The summed E-state index contributed by atoms with van der Waals surface area (Å²) in [5.41, 5.74) is -0.164. The fourth-order valence-electron chi connectivity index (χ4n) is 1.73. The highest BCUT2D eigenvalue weighted by Gasteiger charge is 2.23. The Hall–Kier alpha value is -2.02. The highest BCUT2D eigenvalue weighted by molar-refractivity contribution is 5.92. The quantitative estimate of drug-likeness (QED) is 0.766. The van der Waals surface area contributed by atoms with Crippen LogP contribution in [0.15, 0.2) is 12.3 Å². The lowest BCUT2D eigenvalue weighted by Crippen LogP contribution is -2.47. The molecule has 0 unspecified atom stereocenters. The van der Waals surface area contributed by atoms with Crippen LogP contribution in [-0.4, -0.2) is 70.0 Å². The molecule has 2 heterocycles. The van der Waals surface area contributed by atoms with Gasteiger partial charge in [-0.1, -0.05) is 0 Å². The number of aromatic carboxylic acids is 1. The maximum absolute atomic E-state index is 12.1. The average Bonchev–Trinajstić information content (AvgIpc) is 2.39. The van der Waals surface area contributed by atoms with Gasteiger partial charge >= 0.3 is 5.97 Å². The Balaban J connectivity index is 2.13. The molecule has 0 bridgehead atoms. The first kappa shape index (κ1) is 12.4. The molecular formula is C11H14N4O3. The molecule has 7 nitrogen and oxygen atoms in total. The first-order valence-electron chi connectivity index (χ1n) is 5.62. The lowest BCUT2D eigenvalue weighted by molar-refractivity contribution is 0.0650. The normalized spacial score (nSPS) is 16.6. The van der Waals surface area contributed by atoms with E-state index in [9.17, 15) is 9.59 Å². The summed E-state index contributed by atoms with van der Waals surface area (Å²) in [4.78, 5) is 34.2. The van der Waals surface area contributed by atoms with Gasteiger partial charge in [-0.2, -0.15) is 0 Å². The molecule has 1 aliphatic rings. The summed E-state index contributed by atoms with van der Waals surface area (Å²) in [5.74, 6) is -1.53. The summed E-state index contributed by atoms with van der Waals surface area (Å²) in [5, 5.41) is 8.81. The predicted octanol–water partition coefficient (Wildman–Crippen LogP) is -0.438. The molecule has 18 heavy (non-hydrogen) atoms. The maximum atomic E-state index is 12.1. The molecule has 0 aromatic carbocycles. The van der Waals surface area contributed by atoms with Gasteiger partial charge in [0.15, 0.2) is 5.69 Å². The molecule has 1 aromatic heterocycles. The van der Waals surface area contributed by atoms with E-state index < -0.39 is 5.97 Å². The number of likely N-dealkylation sites (N-methyl/N-ethyl adjacent to an activating group) is 1. The van der Waals surface area contributed by atoms with Crippen LogP contribution in [0.3, 0.4) is 0 Å². The molecule has 1 fully saturated rings. The highest BCUT2D eigenvalue weighted by atomic mass is 16.4.